The number of nitrogens with one attached hydrogen (secondary N) is 1. The van der Waals surface area contributed by atoms with Crippen LogP contribution in [0.2, 0.25) is 0 Å². The summed E-state index contributed by atoms with van der Waals surface area (Å²) in [6.07, 6.45) is -0.255. The lowest BCUT2D eigenvalue weighted by molar-refractivity contribution is -0.00174. The zero-order chi connectivity index (χ0) is 19.7. The normalized spacial score (nSPS) is 16.1. The number of carbonyl (C=O) groups excluding carboxylic acids is 1. The maximum Gasteiger partial charge on any atom is 0.278 e. The zero-order valence-electron chi connectivity index (χ0n) is 15.7. The lowest BCUT2D eigenvalue weighted by Crippen LogP contribution is -2.24. The highest BCUT2D eigenvalue weighted by molar-refractivity contribution is 6.03. The smallest absolute Gasteiger partial charge is 0.278 e. The fraction of sp³-hybridized carbons (Fsp3) is 0.286. The Morgan fingerprint density at radius 3 is 2.57 bits per heavy atom. The van der Waals surface area contributed by atoms with Gasteiger partial charge in [-0.15, -0.1) is 5.10 Å². The Kier molecular flexibility index (Phi) is 4.92. The zero-order valence-corrected chi connectivity index (χ0v) is 15.7. The second-order valence-corrected chi connectivity index (χ2v) is 7.15. The molecule has 1 aromatic heterocycles. The van der Waals surface area contributed by atoms with Gasteiger partial charge in [0.15, 0.2) is 5.69 Å². The van der Waals surface area contributed by atoms with Crippen LogP contribution in [-0.2, 0) is 17.9 Å². The van der Waals surface area contributed by atoms with Crippen LogP contribution < -0.4 is 5.32 Å². The van der Waals surface area contributed by atoms with E-state index in [1.807, 2.05) is 24.3 Å². The van der Waals surface area contributed by atoms with Gasteiger partial charge in [0, 0.05) is 5.69 Å². The Morgan fingerprint density at radius 2 is 1.89 bits per heavy atom. The molecule has 1 N–H and O–H groups in total. The Labute approximate surface area is 162 Å². The second-order valence-electron chi connectivity index (χ2n) is 7.15. The van der Waals surface area contributed by atoms with Crippen LogP contribution >= 0.6 is 0 Å². The van der Waals surface area contributed by atoms with Crippen molar-refractivity contribution in [2.24, 2.45) is 0 Å². The summed E-state index contributed by atoms with van der Waals surface area (Å²) in [4.78, 5) is 12.6. The first kappa shape index (κ1) is 18.3. The van der Waals surface area contributed by atoms with Crippen molar-refractivity contribution in [3.05, 3.63) is 76.9 Å². The monoisotopic (exact) mass is 380 g/mol. The summed E-state index contributed by atoms with van der Waals surface area (Å²) in [5, 5.41) is 11.0. The number of fused-ring (bicyclic) bond motifs is 1. The summed E-state index contributed by atoms with van der Waals surface area (Å²) >= 11 is 0. The number of rotatable bonds is 4. The molecule has 2 heterocycles. The predicted molar refractivity (Wildman–Crippen MR) is 102 cm³/mol. The van der Waals surface area contributed by atoms with Gasteiger partial charge in [0.05, 0.1) is 18.8 Å². The van der Waals surface area contributed by atoms with Gasteiger partial charge in [-0.05, 0) is 41.3 Å². The summed E-state index contributed by atoms with van der Waals surface area (Å²) in [7, 11) is 0. The number of benzene rings is 2. The number of halogens is 1. The van der Waals surface area contributed by atoms with E-state index in [9.17, 15) is 9.18 Å². The molecule has 0 aliphatic carbocycles. The Bertz CT molecular complexity index is 981. The van der Waals surface area contributed by atoms with Crippen LogP contribution in [0.5, 0.6) is 0 Å². The molecule has 7 heteroatoms. The third kappa shape index (κ3) is 3.66. The van der Waals surface area contributed by atoms with Gasteiger partial charge in [0.1, 0.15) is 11.9 Å². The van der Waals surface area contributed by atoms with Gasteiger partial charge in [-0.25, -0.2) is 9.07 Å². The topological polar surface area (TPSA) is 69.0 Å². The predicted octanol–water partition coefficient (Wildman–Crippen LogP) is 4.06. The molecule has 0 saturated carbocycles. The van der Waals surface area contributed by atoms with E-state index < -0.39 is 0 Å². The minimum atomic E-state index is -0.317. The summed E-state index contributed by atoms with van der Waals surface area (Å²) < 4.78 is 20.7. The van der Waals surface area contributed by atoms with E-state index in [1.165, 1.54) is 17.7 Å². The fourth-order valence-electron chi connectivity index (χ4n) is 3.21. The van der Waals surface area contributed by atoms with Gasteiger partial charge in [-0.3, -0.25) is 4.79 Å². The number of carbonyl (C=O) groups is 1. The van der Waals surface area contributed by atoms with Crippen molar-refractivity contribution >= 4 is 11.6 Å². The molecule has 3 aromatic rings. The van der Waals surface area contributed by atoms with Gasteiger partial charge in [-0.2, -0.15) is 0 Å². The van der Waals surface area contributed by atoms with Crippen molar-refractivity contribution in [3.8, 4) is 0 Å². The maximum atomic E-state index is 13.1. The average Bonchev–Trinajstić information content (AvgIpc) is 3.12. The Morgan fingerprint density at radius 1 is 1.18 bits per heavy atom. The molecule has 0 unspecified atom stereocenters. The lowest BCUT2D eigenvalue weighted by Gasteiger charge is -2.24. The molecule has 0 bridgehead atoms. The average molecular weight is 380 g/mol. The van der Waals surface area contributed by atoms with Crippen LogP contribution in [0.3, 0.4) is 0 Å². The Balaban J connectivity index is 1.47. The third-order valence-electron chi connectivity index (χ3n) is 4.89. The van der Waals surface area contributed by atoms with E-state index in [0.717, 1.165) is 5.56 Å². The van der Waals surface area contributed by atoms with Crippen molar-refractivity contribution in [3.63, 3.8) is 0 Å². The molecule has 1 aliphatic heterocycles. The molecule has 1 aliphatic rings. The quantitative estimate of drug-likeness (QED) is 0.741. The van der Waals surface area contributed by atoms with Crippen LogP contribution in [-0.4, -0.2) is 20.9 Å². The van der Waals surface area contributed by atoms with Crippen LogP contribution in [0.4, 0.5) is 10.1 Å². The molecule has 0 fully saturated rings. The first-order valence-electron chi connectivity index (χ1n) is 9.22. The number of hydrogen-bond donors (Lipinski definition) is 1. The van der Waals surface area contributed by atoms with Crippen LogP contribution in [0.25, 0.3) is 0 Å². The van der Waals surface area contributed by atoms with Crippen LogP contribution in [0, 0.1) is 5.82 Å². The van der Waals surface area contributed by atoms with E-state index in [0.29, 0.717) is 23.8 Å². The van der Waals surface area contributed by atoms with Gasteiger partial charge < -0.3 is 10.1 Å². The van der Waals surface area contributed by atoms with Gasteiger partial charge in [0.2, 0.25) is 0 Å². The number of aromatic nitrogens is 3. The van der Waals surface area contributed by atoms with Crippen molar-refractivity contribution in [1.29, 1.82) is 0 Å². The summed E-state index contributed by atoms with van der Waals surface area (Å²) in [6.45, 7) is 4.88. The van der Waals surface area contributed by atoms with Gasteiger partial charge in [0.25, 0.3) is 5.91 Å². The van der Waals surface area contributed by atoms with Gasteiger partial charge >= 0.3 is 0 Å². The highest BCUT2D eigenvalue weighted by atomic mass is 19.1. The molecule has 28 heavy (non-hydrogen) atoms. The summed E-state index contributed by atoms with van der Waals surface area (Å²) in [5.74, 6) is -0.177. The standard InChI is InChI=1S/C21H21FN4O2/c1-13(2)14-5-9-17(10-6-14)23-21(27)20-18-12-28-19(11-26(18)25-24-20)15-3-7-16(22)8-4-15/h3-10,13,19H,11-12H2,1-2H3,(H,23,27)/t19-/m1/s1. The van der Waals surface area contributed by atoms with Gasteiger partial charge in [-0.1, -0.05) is 43.3 Å². The minimum absolute atomic E-state index is 0.212. The summed E-state index contributed by atoms with van der Waals surface area (Å²) in [6, 6.07) is 13.9. The number of ether oxygens (including phenoxy) is 1. The largest absolute Gasteiger partial charge is 0.365 e. The van der Waals surface area contributed by atoms with E-state index in [2.05, 4.69) is 29.5 Å². The van der Waals surface area contributed by atoms with Crippen molar-refractivity contribution in [1.82, 2.24) is 15.0 Å². The minimum Gasteiger partial charge on any atom is -0.365 e. The maximum absolute atomic E-state index is 13.1. The first-order valence-corrected chi connectivity index (χ1v) is 9.22. The molecule has 144 valence electrons. The Hall–Kier alpha value is -3.06. The number of nitrogens with zero attached hydrogens (tertiary/aromatic N) is 3. The number of anilines is 1. The van der Waals surface area contributed by atoms with E-state index in [-0.39, 0.29) is 30.1 Å². The van der Waals surface area contributed by atoms with Crippen molar-refractivity contribution in [2.45, 2.75) is 39.0 Å². The van der Waals surface area contributed by atoms with Crippen molar-refractivity contribution < 1.29 is 13.9 Å². The number of amides is 1. The van der Waals surface area contributed by atoms with Crippen LogP contribution in [0.15, 0.2) is 48.5 Å². The molecule has 4 rings (SSSR count). The molecule has 1 amide bonds. The molecule has 0 radical (unpaired) electrons. The van der Waals surface area contributed by atoms with Crippen molar-refractivity contribution in [2.75, 3.05) is 5.32 Å². The fourth-order valence-corrected chi connectivity index (χ4v) is 3.21. The third-order valence-corrected chi connectivity index (χ3v) is 4.89. The molecular formula is C21H21FN4O2. The SMILES string of the molecule is CC(C)c1ccc(NC(=O)c2nnn3c2CO[C@@H](c2ccc(F)cc2)C3)cc1. The second kappa shape index (κ2) is 7.52. The molecule has 6 nitrogen and oxygen atoms in total. The molecule has 1 atom stereocenters. The highest BCUT2D eigenvalue weighted by Gasteiger charge is 2.27. The molecule has 0 spiro atoms. The van der Waals surface area contributed by atoms with E-state index >= 15 is 0 Å². The lowest BCUT2D eigenvalue weighted by atomic mass is 10.0. The van der Waals surface area contributed by atoms with E-state index in [4.69, 9.17) is 4.74 Å². The highest BCUT2D eigenvalue weighted by Crippen LogP contribution is 2.27. The molecule has 0 saturated heterocycles. The molecular weight excluding hydrogens is 359 g/mol. The number of hydrogen-bond acceptors (Lipinski definition) is 4. The first-order chi connectivity index (χ1) is 13.5. The van der Waals surface area contributed by atoms with E-state index in [1.54, 1.807) is 16.8 Å². The molecule has 2 aromatic carbocycles. The summed E-state index contributed by atoms with van der Waals surface area (Å²) in [5.41, 5.74) is 3.66. The van der Waals surface area contributed by atoms with Crippen LogP contribution in [0.1, 0.15) is 53.2 Å².